The Morgan fingerprint density at radius 1 is 1.20 bits per heavy atom. The lowest BCUT2D eigenvalue weighted by Crippen LogP contribution is -2.28. The maximum atomic E-state index is 4.27. The number of anilines is 1. The van der Waals surface area contributed by atoms with Crippen LogP contribution in [0.15, 0.2) is 18.5 Å². The predicted octanol–water partition coefficient (Wildman–Crippen LogP) is 2.36. The van der Waals surface area contributed by atoms with Gasteiger partial charge in [-0.3, -0.25) is 4.98 Å². The molecule has 0 spiro atoms. The van der Waals surface area contributed by atoms with Crippen LogP contribution < -0.4 is 10.2 Å². The second kappa shape index (κ2) is 9.72. The lowest BCUT2D eigenvalue weighted by Gasteiger charge is -2.26. The predicted molar refractivity (Wildman–Crippen MR) is 87.3 cm³/mol. The Morgan fingerprint density at radius 3 is 2.65 bits per heavy atom. The van der Waals surface area contributed by atoms with Crippen molar-refractivity contribution >= 4 is 5.69 Å². The summed E-state index contributed by atoms with van der Waals surface area (Å²) in [6.45, 7) is 9.64. The smallest absolute Gasteiger partial charge is 0.0442 e. The summed E-state index contributed by atoms with van der Waals surface area (Å²) >= 11 is 0. The molecule has 1 heterocycles. The van der Waals surface area contributed by atoms with Gasteiger partial charge in [0.05, 0.1) is 0 Å². The average Bonchev–Trinajstić information content (AvgIpc) is 2.44. The standard InChI is InChI=1S/C16H30N4/c1-5-9-17-13-15-14-18-10-8-16(15)20(6-2)12-7-11-19(3)4/h8,10,14,17H,5-7,9,11-13H2,1-4H3. The lowest BCUT2D eigenvalue weighted by molar-refractivity contribution is 0.400. The molecule has 0 amide bonds. The molecule has 114 valence electrons. The molecule has 0 aliphatic carbocycles. The van der Waals surface area contributed by atoms with E-state index in [2.05, 4.69) is 54.1 Å². The molecule has 1 N–H and O–H groups in total. The highest BCUT2D eigenvalue weighted by Gasteiger charge is 2.09. The van der Waals surface area contributed by atoms with E-state index < -0.39 is 0 Å². The zero-order valence-corrected chi connectivity index (χ0v) is 13.5. The Hall–Kier alpha value is -1.13. The van der Waals surface area contributed by atoms with Crippen LogP contribution in [0.3, 0.4) is 0 Å². The highest BCUT2D eigenvalue weighted by molar-refractivity contribution is 5.52. The fourth-order valence-corrected chi connectivity index (χ4v) is 2.29. The summed E-state index contributed by atoms with van der Waals surface area (Å²) < 4.78 is 0. The van der Waals surface area contributed by atoms with E-state index in [0.29, 0.717) is 0 Å². The third kappa shape index (κ3) is 5.88. The average molecular weight is 278 g/mol. The van der Waals surface area contributed by atoms with Gasteiger partial charge in [0.25, 0.3) is 0 Å². The number of pyridine rings is 1. The molecular formula is C16H30N4. The molecule has 0 aromatic carbocycles. The molecule has 0 unspecified atom stereocenters. The van der Waals surface area contributed by atoms with E-state index in [-0.39, 0.29) is 0 Å². The molecule has 4 nitrogen and oxygen atoms in total. The van der Waals surface area contributed by atoms with E-state index in [9.17, 15) is 0 Å². The SMILES string of the molecule is CCCNCc1cnccc1N(CC)CCCN(C)C. The van der Waals surface area contributed by atoms with Crippen molar-refractivity contribution in [3.63, 3.8) is 0 Å². The van der Waals surface area contributed by atoms with Gasteiger partial charge < -0.3 is 15.1 Å². The maximum Gasteiger partial charge on any atom is 0.0442 e. The second-order valence-corrected chi connectivity index (χ2v) is 5.42. The van der Waals surface area contributed by atoms with E-state index >= 15 is 0 Å². The van der Waals surface area contributed by atoms with E-state index in [4.69, 9.17) is 0 Å². The molecule has 0 fully saturated rings. The Balaban J connectivity index is 2.65. The molecule has 0 aliphatic heterocycles. The minimum atomic E-state index is 0.904. The van der Waals surface area contributed by atoms with Gasteiger partial charge in [-0.05, 0) is 53.0 Å². The fraction of sp³-hybridized carbons (Fsp3) is 0.688. The summed E-state index contributed by atoms with van der Waals surface area (Å²) in [6.07, 6.45) is 6.24. The van der Waals surface area contributed by atoms with Gasteiger partial charge in [0.1, 0.15) is 0 Å². The minimum Gasteiger partial charge on any atom is -0.371 e. The monoisotopic (exact) mass is 278 g/mol. The first-order valence-electron chi connectivity index (χ1n) is 7.72. The van der Waals surface area contributed by atoms with Crippen molar-refractivity contribution in [3.8, 4) is 0 Å². The molecule has 0 atom stereocenters. The van der Waals surface area contributed by atoms with Gasteiger partial charge in [0.2, 0.25) is 0 Å². The summed E-state index contributed by atoms with van der Waals surface area (Å²) in [5, 5.41) is 3.47. The molecule has 0 radical (unpaired) electrons. The van der Waals surface area contributed by atoms with Crippen LogP contribution in [0, 0.1) is 0 Å². The van der Waals surface area contributed by atoms with Gasteiger partial charge in [0, 0.05) is 43.3 Å². The van der Waals surface area contributed by atoms with Gasteiger partial charge in [-0.15, -0.1) is 0 Å². The summed E-state index contributed by atoms with van der Waals surface area (Å²) in [4.78, 5) is 8.97. The van der Waals surface area contributed by atoms with E-state index in [0.717, 1.165) is 39.1 Å². The Labute approximate surface area is 124 Å². The quantitative estimate of drug-likeness (QED) is 0.666. The first-order chi connectivity index (χ1) is 9.69. The fourth-order valence-electron chi connectivity index (χ4n) is 2.29. The largest absolute Gasteiger partial charge is 0.371 e. The van der Waals surface area contributed by atoms with Crippen molar-refractivity contribution in [1.82, 2.24) is 15.2 Å². The number of nitrogens with zero attached hydrogens (tertiary/aromatic N) is 3. The number of hydrogen-bond acceptors (Lipinski definition) is 4. The van der Waals surface area contributed by atoms with Crippen molar-refractivity contribution in [2.45, 2.75) is 33.2 Å². The van der Waals surface area contributed by atoms with E-state index in [1.165, 1.54) is 17.7 Å². The zero-order valence-electron chi connectivity index (χ0n) is 13.5. The minimum absolute atomic E-state index is 0.904. The van der Waals surface area contributed by atoms with Crippen LogP contribution in [0.25, 0.3) is 0 Å². The summed E-state index contributed by atoms with van der Waals surface area (Å²) in [5.41, 5.74) is 2.62. The van der Waals surface area contributed by atoms with E-state index in [1.807, 2.05) is 12.4 Å². The summed E-state index contributed by atoms with van der Waals surface area (Å²) in [5.74, 6) is 0. The number of nitrogens with one attached hydrogen (secondary N) is 1. The van der Waals surface area contributed by atoms with E-state index in [1.54, 1.807) is 0 Å². The Morgan fingerprint density at radius 2 is 2.00 bits per heavy atom. The van der Waals surface area contributed by atoms with Crippen LogP contribution in [-0.4, -0.2) is 50.2 Å². The number of aromatic nitrogens is 1. The van der Waals surface area contributed by atoms with Gasteiger partial charge in [-0.2, -0.15) is 0 Å². The van der Waals surface area contributed by atoms with Gasteiger partial charge in [0.15, 0.2) is 0 Å². The van der Waals surface area contributed by atoms with Crippen molar-refractivity contribution in [3.05, 3.63) is 24.0 Å². The molecule has 0 saturated heterocycles. The van der Waals surface area contributed by atoms with Gasteiger partial charge in [-0.1, -0.05) is 6.92 Å². The highest BCUT2D eigenvalue weighted by atomic mass is 15.1. The van der Waals surface area contributed by atoms with Gasteiger partial charge >= 0.3 is 0 Å². The second-order valence-electron chi connectivity index (χ2n) is 5.42. The third-order valence-electron chi connectivity index (χ3n) is 3.38. The third-order valence-corrected chi connectivity index (χ3v) is 3.38. The van der Waals surface area contributed by atoms with Gasteiger partial charge in [-0.25, -0.2) is 0 Å². The van der Waals surface area contributed by atoms with Crippen LogP contribution in [0.4, 0.5) is 5.69 Å². The molecule has 0 aliphatic rings. The first kappa shape index (κ1) is 16.9. The summed E-state index contributed by atoms with van der Waals surface area (Å²) in [7, 11) is 4.26. The van der Waals surface area contributed by atoms with Crippen molar-refractivity contribution in [2.75, 3.05) is 45.2 Å². The Bertz CT molecular complexity index is 365. The highest BCUT2D eigenvalue weighted by Crippen LogP contribution is 2.19. The molecule has 4 heteroatoms. The summed E-state index contributed by atoms with van der Waals surface area (Å²) in [6, 6.07) is 2.14. The number of hydrogen-bond donors (Lipinski definition) is 1. The molecule has 0 saturated carbocycles. The van der Waals surface area contributed by atoms with Crippen LogP contribution in [-0.2, 0) is 6.54 Å². The Kier molecular flexibility index (Phi) is 8.23. The van der Waals surface area contributed by atoms with Crippen LogP contribution in [0.1, 0.15) is 32.3 Å². The lowest BCUT2D eigenvalue weighted by atomic mass is 10.2. The molecule has 1 aromatic heterocycles. The number of rotatable bonds is 10. The van der Waals surface area contributed by atoms with Crippen molar-refractivity contribution in [1.29, 1.82) is 0 Å². The normalized spacial score (nSPS) is 11.1. The molecule has 20 heavy (non-hydrogen) atoms. The van der Waals surface area contributed by atoms with Crippen LogP contribution >= 0.6 is 0 Å². The first-order valence-corrected chi connectivity index (χ1v) is 7.72. The van der Waals surface area contributed by atoms with Crippen LogP contribution in [0.2, 0.25) is 0 Å². The maximum absolute atomic E-state index is 4.27. The molecule has 1 rings (SSSR count). The van der Waals surface area contributed by atoms with Crippen LogP contribution in [0.5, 0.6) is 0 Å². The molecule has 0 bridgehead atoms. The topological polar surface area (TPSA) is 31.4 Å². The molecule has 1 aromatic rings. The molecular weight excluding hydrogens is 248 g/mol. The zero-order chi connectivity index (χ0) is 14.8. The van der Waals surface area contributed by atoms with Crippen molar-refractivity contribution in [2.24, 2.45) is 0 Å². The van der Waals surface area contributed by atoms with Crippen molar-refractivity contribution < 1.29 is 0 Å².